The predicted molar refractivity (Wildman–Crippen MR) is 131 cm³/mol. The second-order valence-electron chi connectivity index (χ2n) is 8.56. The number of ether oxygens (including phenoxy) is 2. The van der Waals surface area contributed by atoms with E-state index in [2.05, 4.69) is 32.5 Å². The van der Waals surface area contributed by atoms with Crippen molar-refractivity contribution in [2.24, 2.45) is 0 Å². The van der Waals surface area contributed by atoms with Crippen molar-refractivity contribution in [2.45, 2.75) is 38.7 Å². The lowest BCUT2D eigenvalue weighted by Gasteiger charge is -2.18. The number of methoxy groups -OCH3 is 1. The van der Waals surface area contributed by atoms with E-state index in [0.29, 0.717) is 24.4 Å². The zero-order valence-corrected chi connectivity index (χ0v) is 19.9. The SMILES string of the molecule is COc1cc(C(=O)NCC2CCCO2)ccc1C(C)CNc1cc(-c2ccc(C)nc2)ncn1. The molecule has 2 unspecified atom stereocenters. The molecule has 3 heterocycles. The van der Waals surface area contributed by atoms with Crippen molar-refractivity contribution >= 4 is 11.7 Å². The Balaban J connectivity index is 1.38. The summed E-state index contributed by atoms with van der Waals surface area (Å²) in [6, 6.07) is 11.5. The fourth-order valence-electron chi connectivity index (χ4n) is 3.97. The Bertz CT molecular complexity index is 1110. The number of hydrogen-bond donors (Lipinski definition) is 2. The molecule has 3 aromatic rings. The molecule has 1 aliphatic rings. The van der Waals surface area contributed by atoms with Crippen LogP contribution in [0.15, 0.2) is 48.9 Å². The number of aromatic nitrogens is 3. The minimum absolute atomic E-state index is 0.112. The van der Waals surface area contributed by atoms with E-state index >= 15 is 0 Å². The summed E-state index contributed by atoms with van der Waals surface area (Å²) in [7, 11) is 1.62. The average Bonchev–Trinajstić information content (AvgIpc) is 3.40. The molecule has 34 heavy (non-hydrogen) atoms. The summed E-state index contributed by atoms with van der Waals surface area (Å²) >= 11 is 0. The molecule has 0 saturated carbocycles. The zero-order valence-electron chi connectivity index (χ0n) is 19.9. The van der Waals surface area contributed by atoms with Crippen molar-refractivity contribution in [2.75, 3.05) is 32.1 Å². The largest absolute Gasteiger partial charge is 0.496 e. The Morgan fingerprint density at radius 1 is 1.21 bits per heavy atom. The molecule has 1 aliphatic heterocycles. The Morgan fingerprint density at radius 3 is 2.82 bits per heavy atom. The highest BCUT2D eigenvalue weighted by Crippen LogP contribution is 2.28. The maximum Gasteiger partial charge on any atom is 0.251 e. The van der Waals surface area contributed by atoms with E-state index in [1.807, 2.05) is 43.5 Å². The fraction of sp³-hybridized carbons (Fsp3) is 0.385. The second kappa shape index (κ2) is 11.1. The summed E-state index contributed by atoms with van der Waals surface area (Å²) in [6.07, 6.45) is 5.51. The summed E-state index contributed by atoms with van der Waals surface area (Å²) in [5, 5.41) is 6.34. The first kappa shape index (κ1) is 23.6. The number of hydrogen-bond acceptors (Lipinski definition) is 7. The van der Waals surface area contributed by atoms with Gasteiger partial charge in [-0.3, -0.25) is 9.78 Å². The van der Waals surface area contributed by atoms with Gasteiger partial charge in [0, 0.05) is 54.7 Å². The van der Waals surface area contributed by atoms with Gasteiger partial charge in [0.15, 0.2) is 0 Å². The molecule has 2 atom stereocenters. The topological polar surface area (TPSA) is 98.3 Å². The van der Waals surface area contributed by atoms with Crippen molar-refractivity contribution in [3.63, 3.8) is 0 Å². The van der Waals surface area contributed by atoms with E-state index in [4.69, 9.17) is 9.47 Å². The smallest absolute Gasteiger partial charge is 0.251 e. The summed E-state index contributed by atoms with van der Waals surface area (Å²) < 4.78 is 11.2. The van der Waals surface area contributed by atoms with Crippen molar-refractivity contribution in [1.82, 2.24) is 20.3 Å². The molecule has 0 bridgehead atoms. The van der Waals surface area contributed by atoms with Crippen molar-refractivity contribution < 1.29 is 14.3 Å². The van der Waals surface area contributed by atoms with Crippen LogP contribution in [0.5, 0.6) is 5.75 Å². The molecule has 1 aromatic carbocycles. The number of benzene rings is 1. The molecule has 1 fully saturated rings. The van der Waals surface area contributed by atoms with E-state index in [-0.39, 0.29) is 17.9 Å². The molecule has 1 amide bonds. The lowest BCUT2D eigenvalue weighted by Crippen LogP contribution is -2.31. The molecule has 8 heteroatoms. The number of carbonyl (C=O) groups is 1. The van der Waals surface area contributed by atoms with Crippen LogP contribution in [0.1, 0.15) is 47.3 Å². The average molecular weight is 462 g/mol. The first-order chi connectivity index (χ1) is 16.5. The van der Waals surface area contributed by atoms with E-state index in [0.717, 1.165) is 47.8 Å². The highest BCUT2D eigenvalue weighted by molar-refractivity contribution is 5.94. The third kappa shape index (κ3) is 5.88. The Hall–Kier alpha value is -3.52. The molecule has 8 nitrogen and oxygen atoms in total. The molecule has 1 saturated heterocycles. The van der Waals surface area contributed by atoms with Crippen molar-refractivity contribution in [3.05, 3.63) is 65.7 Å². The molecule has 4 rings (SSSR count). The van der Waals surface area contributed by atoms with Gasteiger partial charge in [0.2, 0.25) is 0 Å². The molecule has 178 valence electrons. The summed E-state index contributed by atoms with van der Waals surface area (Å²) in [4.78, 5) is 25.6. The fourth-order valence-corrected chi connectivity index (χ4v) is 3.97. The van der Waals surface area contributed by atoms with Crippen LogP contribution in [0.4, 0.5) is 5.82 Å². The number of carbonyl (C=O) groups excluding carboxylic acids is 1. The van der Waals surface area contributed by atoms with E-state index in [1.54, 1.807) is 19.5 Å². The minimum atomic E-state index is -0.120. The second-order valence-corrected chi connectivity index (χ2v) is 8.56. The predicted octanol–water partition coefficient (Wildman–Crippen LogP) is 3.98. The summed E-state index contributed by atoms with van der Waals surface area (Å²) in [6.45, 7) is 6.01. The van der Waals surface area contributed by atoms with Gasteiger partial charge in [0.25, 0.3) is 5.91 Å². The van der Waals surface area contributed by atoms with Crippen molar-refractivity contribution in [3.8, 4) is 17.0 Å². The Kier molecular flexibility index (Phi) is 7.69. The van der Waals surface area contributed by atoms with Crippen LogP contribution < -0.4 is 15.4 Å². The lowest BCUT2D eigenvalue weighted by molar-refractivity contribution is 0.0857. The number of pyridine rings is 1. The maximum absolute atomic E-state index is 12.6. The third-order valence-corrected chi connectivity index (χ3v) is 6.00. The van der Waals surface area contributed by atoms with Crippen LogP contribution in [0, 0.1) is 6.92 Å². The summed E-state index contributed by atoms with van der Waals surface area (Å²) in [5.41, 5.74) is 4.31. The van der Waals surface area contributed by atoms with Gasteiger partial charge in [0.05, 0.1) is 18.9 Å². The molecule has 2 aromatic heterocycles. The number of amides is 1. The van der Waals surface area contributed by atoms with E-state index < -0.39 is 0 Å². The van der Waals surface area contributed by atoms with Gasteiger partial charge < -0.3 is 20.1 Å². The van der Waals surface area contributed by atoms with Crippen LogP contribution in [0.3, 0.4) is 0 Å². The van der Waals surface area contributed by atoms with Gasteiger partial charge >= 0.3 is 0 Å². The first-order valence-electron chi connectivity index (χ1n) is 11.6. The van der Waals surface area contributed by atoms with Gasteiger partial charge in [-0.05, 0) is 49.6 Å². The van der Waals surface area contributed by atoms with E-state index in [9.17, 15) is 4.79 Å². The van der Waals surface area contributed by atoms with Crippen LogP contribution >= 0.6 is 0 Å². The van der Waals surface area contributed by atoms with Crippen LogP contribution in [0.25, 0.3) is 11.3 Å². The lowest BCUT2D eigenvalue weighted by atomic mass is 9.98. The number of anilines is 1. The van der Waals surface area contributed by atoms with Gasteiger partial charge in [-0.25, -0.2) is 9.97 Å². The number of rotatable bonds is 9. The molecule has 0 aliphatic carbocycles. The number of nitrogens with one attached hydrogen (secondary N) is 2. The zero-order chi connectivity index (χ0) is 23.9. The van der Waals surface area contributed by atoms with Gasteiger partial charge in [-0.15, -0.1) is 0 Å². The van der Waals surface area contributed by atoms with Crippen LogP contribution in [0.2, 0.25) is 0 Å². The third-order valence-electron chi connectivity index (χ3n) is 6.00. The van der Waals surface area contributed by atoms with Crippen LogP contribution in [-0.4, -0.2) is 53.8 Å². The molecular formula is C26H31N5O3. The highest BCUT2D eigenvalue weighted by atomic mass is 16.5. The van der Waals surface area contributed by atoms with Gasteiger partial charge in [0.1, 0.15) is 17.9 Å². The highest BCUT2D eigenvalue weighted by Gasteiger charge is 2.18. The quantitative estimate of drug-likeness (QED) is 0.497. The Labute approximate surface area is 200 Å². The molecular weight excluding hydrogens is 430 g/mol. The van der Waals surface area contributed by atoms with E-state index in [1.165, 1.54) is 0 Å². The summed E-state index contributed by atoms with van der Waals surface area (Å²) in [5.74, 6) is 1.43. The molecule has 0 spiro atoms. The molecule has 0 radical (unpaired) electrons. The normalized spacial score (nSPS) is 16.1. The minimum Gasteiger partial charge on any atom is -0.496 e. The standard InChI is InChI=1S/C26H31N5O3/c1-17(13-28-25-12-23(30-16-31-25)20-7-6-18(2)27-14-20)22-9-8-19(11-24(22)33-3)26(32)29-15-21-5-4-10-34-21/h6-9,11-12,14,16-17,21H,4-5,10,13,15H2,1-3H3,(H,29,32)(H,28,30,31). The van der Waals surface area contributed by atoms with Crippen molar-refractivity contribution in [1.29, 1.82) is 0 Å². The number of aryl methyl sites for hydroxylation is 1. The first-order valence-corrected chi connectivity index (χ1v) is 11.6. The van der Waals surface area contributed by atoms with Gasteiger partial charge in [-0.1, -0.05) is 13.0 Å². The monoisotopic (exact) mass is 461 g/mol. The Morgan fingerprint density at radius 2 is 2.09 bits per heavy atom. The molecule has 2 N–H and O–H groups in total. The maximum atomic E-state index is 12.6. The van der Waals surface area contributed by atoms with Gasteiger partial charge in [-0.2, -0.15) is 0 Å². The van der Waals surface area contributed by atoms with Crippen LogP contribution in [-0.2, 0) is 4.74 Å². The number of nitrogens with zero attached hydrogens (tertiary/aromatic N) is 3.